The Morgan fingerprint density at radius 1 is 1.32 bits per heavy atom. The van der Waals surface area contributed by atoms with Crippen LogP contribution in [0.5, 0.6) is 0 Å². The van der Waals surface area contributed by atoms with E-state index in [2.05, 4.69) is 6.58 Å². The monoisotopic (exact) mass is 301 g/mol. The van der Waals surface area contributed by atoms with Crippen molar-refractivity contribution in [2.24, 2.45) is 5.92 Å². The zero-order chi connectivity index (χ0) is 15.9. The third-order valence-electron chi connectivity index (χ3n) is 3.17. The molecule has 2 rings (SSSR count). The summed E-state index contributed by atoms with van der Waals surface area (Å²) in [6, 6.07) is 8.83. The molecule has 1 unspecified atom stereocenters. The van der Waals surface area contributed by atoms with Gasteiger partial charge < -0.3 is 4.74 Å². The first kappa shape index (κ1) is 15.7. The van der Waals surface area contributed by atoms with Crippen LogP contribution in [0.4, 0.5) is 10.1 Å². The third kappa shape index (κ3) is 3.69. The van der Waals surface area contributed by atoms with Crippen molar-refractivity contribution >= 4 is 17.4 Å². The first-order valence-electron chi connectivity index (χ1n) is 6.82. The van der Waals surface area contributed by atoms with Crippen molar-refractivity contribution in [1.82, 2.24) is 0 Å². The Kier molecular flexibility index (Phi) is 5.25. The number of ether oxygens (including phenoxy) is 1. The van der Waals surface area contributed by atoms with Crippen molar-refractivity contribution < 1.29 is 18.7 Å². The molecule has 1 aromatic carbocycles. The number of nitrogens with zero attached hydrogens (tertiary/aromatic N) is 1. The largest absolute Gasteiger partial charge is 0.497 e. The lowest BCUT2D eigenvalue weighted by Gasteiger charge is -2.24. The SMILES string of the molecule is C=CCC1CO/C=C(/F)C(=O)/C=C\N(c2ccccc2)C1=O. The van der Waals surface area contributed by atoms with Gasteiger partial charge in [-0.1, -0.05) is 24.3 Å². The number of amides is 1. The maximum Gasteiger partial charge on any atom is 0.237 e. The van der Waals surface area contributed by atoms with Gasteiger partial charge in [-0.2, -0.15) is 4.39 Å². The van der Waals surface area contributed by atoms with Gasteiger partial charge in [0, 0.05) is 18.0 Å². The van der Waals surface area contributed by atoms with E-state index in [4.69, 9.17) is 4.74 Å². The average molecular weight is 301 g/mol. The Hall–Kier alpha value is -2.69. The number of carbonyl (C=O) groups is 2. The molecule has 0 spiro atoms. The highest BCUT2D eigenvalue weighted by Crippen LogP contribution is 2.20. The molecule has 0 saturated carbocycles. The number of allylic oxidation sites excluding steroid dienone is 3. The summed E-state index contributed by atoms with van der Waals surface area (Å²) in [5.74, 6) is -2.61. The highest BCUT2D eigenvalue weighted by Gasteiger charge is 2.25. The van der Waals surface area contributed by atoms with Crippen LogP contribution in [0.3, 0.4) is 0 Å². The van der Waals surface area contributed by atoms with Crippen LogP contribution in [0.2, 0.25) is 0 Å². The summed E-state index contributed by atoms with van der Waals surface area (Å²) < 4.78 is 18.5. The van der Waals surface area contributed by atoms with E-state index in [1.54, 1.807) is 30.3 Å². The minimum absolute atomic E-state index is 0.0251. The van der Waals surface area contributed by atoms with Crippen molar-refractivity contribution in [3.8, 4) is 0 Å². The average Bonchev–Trinajstić information content (AvgIpc) is 2.54. The van der Waals surface area contributed by atoms with Crippen LogP contribution in [0, 0.1) is 5.92 Å². The zero-order valence-electron chi connectivity index (χ0n) is 11.9. The summed E-state index contributed by atoms with van der Waals surface area (Å²) in [5.41, 5.74) is 0.593. The molecule has 0 saturated heterocycles. The second-order valence-corrected chi connectivity index (χ2v) is 4.74. The van der Waals surface area contributed by atoms with E-state index in [0.29, 0.717) is 12.1 Å². The topological polar surface area (TPSA) is 46.6 Å². The van der Waals surface area contributed by atoms with Gasteiger partial charge in [-0.25, -0.2) is 0 Å². The number of para-hydroxylation sites is 1. The molecule has 1 aromatic rings. The molecule has 1 atom stereocenters. The smallest absolute Gasteiger partial charge is 0.237 e. The van der Waals surface area contributed by atoms with E-state index in [1.165, 1.54) is 11.1 Å². The minimum Gasteiger partial charge on any atom is -0.497 e. The molecule has 114 valence electrons. The standard InChI is InChI=1S/C17H16FNO3/c1-2-6-13-11-22-12-15(18)16(20)9-10-19(17(13)21)14-7-4-3-5-8-14/h2-5,7-10,12-13H,1,6,11H2/b10-9-,15-12+. The Balaban J connectivity index is 2.40. The number of carbonyl (C=O) groups excluding carboxylic acids is 2. The molecule has 0 bridgehead atoms. The highest BCUT2D eigenvalue weighted by atomic mass is 19.1. The molecule has 0 aliphatic carbocycles. The molecule has 0 N–H and O–H groups in total. The van der Waals surface area contributed by atoms with E-state index in [9.17, 15) is 14.0 Å². The number of anilines is 1. The van der Waals surface area contributed by atoms with Crippen LogP contribution < -0.4 is 4.90 Å². The van der Waals surface area contributed by atoms with Gasteiger partial charge in [0.1, 0.15) is 6.26 Å². The van der Waals surface area contributed by atoms with Gasteiger partial charge in [-0.3, -0.25) is 14.5 Å². The fraction of sp³-hybridized carbons (Fsp3) is 0.176. The van der Waals surface area contributed by atoms with E-state index < -0.39 is 17.5 Å². The summed E-state index contributed by atoms with van der Waals surface area (Å²) in [5, 5.41) is 0. The Bertz CT molecular complexity index is 622. The van der Waals surface area contributed by atoms with E-state index >= 15 is 0 Å². The van der Waals surface area contributed by atoms with E-state index in [0.717, 1.165) is 12.3 Å². The lowest BCUT2D eigenvalue weighted by molar-refractivity contribution is -0.123. The molecule has 0 fully saturated rings. The number of hydrogen-bond acceptors (Lipinski definition) is 3. The summed E-state index contributed by atoms with van der Waals surface area (Å²) in [6.07, 6.45) is 5.04. The second-order valence-electron chi connectivity index (χ2n) is 4.74. The van der Waals surface area contributed by atoms with E-state index in [1.807, 2.05) is 6.07 Å². The van der Waals surface area contributed by atoms with Gasteiger partial charge in [0.15, 0.2) is 0 Å². The molecule has 5 heteroatoms. The predicted molar refractivity (Wildman–Crippen MR) is 81.5 cm³/mol. The number of hydrogen-bond donors (Lipinski definition) is 0. The van der Waals surface area contributed by atoms with Crippen LogP contribution in [0.15, 0.2) is 67.4 Å². The van der Waals surface area contributed by atoms with Gasteiger partial charge in [0.05, 0.1) is 12.5 Å². The molecule has 4 nitrogen and oxygen atoms in total. The summed E-state index contributed by atoms with van der Waals surface area (Å²) in [4.78, 5) is 25.5. The molecule has 1 heterocycles. The number of ketones is 1. The molecule has 1 aliphatic rings. The Morgan fingerprint density at radius 2 is 2.05 bits per heavy atom. The van der Waals surface area contributed by atoms with Crippen LogP contribution in [0.25, 0.3) is 0 Å². The molecule has 0 aromatic heterocycles. The molecular weight excluding hydrogens is 285 g/mol. The van der Waals surface area contributed by atoms with Crippen LogP contribution in [0.1, 0.15) is 6.42 Å². The normalized spacial score (nSPS) is 23.2. The number of rotatable bonds is 3. The van der Waals surface area contributed by atoms with Crippen molar-refractivity contribution in [3.63, 3.8) is 0 Å². The van der Waals surface area contributed by atoms with Crippen molar-refractivity contribution in [2.45, 2.75) is 6.42 Å². The third-order valence-corrected chi connectivity index (χ3v) is 3.17. The number of halogens is 1. The van der Waals surface area contributed by atoms with Gasteiger partial charge in [-0.15, -0.1) is 6.58 Å². The van der Waals surface area contributed by atoms with Crippen molar-refractivity contribution in [1.29, 1.82) is 0 Å². The summed E-state index contributed by atoms with van der Waals surface area (Å²) in [6.45, 7) is 3.60. The van der Waals surface area contributed by atoms with Crippen molar-refractivity contribution in [3.05, 3.63) is 67.4 Å². The lowest BCUT2D eigenvalue weighted by Crippen LogP contribution is -2.34. The van der Waals surface area contributed by atoms with Gasteiger partial charge in [0.2, 0.25) is 17.5 Å². The zero-order valence-corrected chi connectivity index (χ0v) is 11.9. The van der Waals surface area contributed by atoms with Gasteiger partial charge in [0.25, 0.3) is 0 Å². The quantitative estimate of drug-likeness (QED) is 0.806. The first-order valence-corrected chi connectivity index (χ1v) is 6.82. The summed E-state index contributed by atoms with van der Waals surface area (Å²) >= 11 is 0. The van der Waals surface area contributed by atoms with Gasteiger partial charge in [-0.05, 0) is 18.6 Å². The molecule has 22 heavy (non-hydrogen) atoms. The predicted octanol–water partition coefficient (Wildman–Crippen LogP) is 3.14. The fourth-order valence-electron chi connectivity index (χ4n) is 2.03. The van der Waals surface area contributed by atoms with E-state index in [-0.39, 0.29) is 12.5 Å². The molecule has 0 radical (unpaired) electrons. The molecule has 1 aliphatic heterocycles. The van der Waals surface area contributed by atoms with Gasteiger partial charge >= 0.3 is 0 Å². The molecule has 1 amide bonds. The van der Waals surface area contributed by atoms with Crippen molar-refractivity contribution in [2.75, 3.05) is 11.5 Å². The Labute approximate surface area is 128 Å². The lowest BCUT2D eigenvalue weighted by atomic mass is 10.0. The van der Waals surface area contributed by atoms with Crippen LogP contribution in [-0.4, -0.2) is 18.3 Å². The van der Waals surface area contributed by atoms with Crippen LogP contribution >= 0.6 is 0 Å². The number of benzene rings is 1. The second kappa shape index (κ2) is 7.36. The first-order chi connectivity index (χ1) is 10.6. The summed E-state index contributed by atoms with van der Waals surface area (Å²) in [7, 11) is 0. The van der Waals surface area contributed by atoms with Crippen LogP contribution in [-0.2, 0) is 14.3 Å². The Morgan fingerprint density at radius 3 is 2.73 bits per heavy atom. The highest BCUT2D eigenvalue weighted by molar-refractivity contribution is 6.04. The maximum absolute atomic E-state index is 13.5. The molecular formula is C17H16FNO3. The minimum atomic E-state index is -1.00. The maximum atomic E-state index is 13.5. The fourth-order valence-corrected chi connectivity index (χ4v) is 2.03.